The number of benzene rings is 2. The lowest BCUT2D eigenvalue weighted by Crippen LogP contribution is -2.33. The lowest BCUT2D eigenvalue weighted by molar-refractivity contribution is 0.101. The summed E-state index contributed by atoms with van der Waals surface area (Å²) in [6, 6.07) is 13.0. The third-order valence-corrected chi connectivity index (χ3v) is 3.96. The Morgan fingerprint density at radius 3 is 2.17 bits per heavy atom. The van der Waals surface area contributed by atoms with Gasteiger partial charge in [0.15, 0.2) is 5.78 Å². The maximum atomic E-state index is 12.2. The molecule has 1 amide bonds. The Labute approximate surface area is 143 Å². The van der Waals surface area contributed by atoms with Crippen LogP contribution in [0.15, 0.2) is 42.5 Å². The Morgan fingerprint density at radius 2 is 1.62 bits per heavy atom. The van der Waals surface area contributed by atoms with Crippen LogP contribution in [0.25, 0.3) is 11.1 Å². The first-order chi connectivity index (χ1) is 11.5. The van der Waals surface area contributed by atoms with Crippen molar-refractivity contribution in [3.63, 3.8) is 0 Å². The fourth-order valence-corrected chi connectivity index (χ4v) is 2.48. The Balaban J connectivity index is 2.37. The van der Waals surface area contributed by atoms with Gasteiger partial charge in [0, 0.05) is 24.2 Å². The van der Waals surface area contributed by atoms with Crippen LogP contribution in [0.1, 0.15) is 36.7 Å². The number of nitrogens with zero attached hydrogens (tertiary/aromatic N) is 1. The summed E-state index contributed by atoms with van der Waals surface area (Å²) >= 11 is 0. The van der Waals surface area contributed by atoms with Crippen LogP contribution < -0.4 is 4.74 Å². The summed E-state index contributed by atoms with van der Waals surface area (Å²) in [7, 11) is 0. The zero-order chi connectivity index (χ0) is 17.7. The van der Waals surface area contributed by atoms with E-state index in [1.807, 2.05) is 51.1 Å². The molecule has 2 rings (SSSR count). The number of carbonyl (C=O) groups is 2. The minimum Gasteiger partial charge on any atom is -0.410 e. The lowest BCUT2D eigenvalue weighted by atomic mass is 10.0. The van der Waals surface area contributed by atoms with Crippen molar-refractivity contribution in [1.29, 1.82) is 0 Å². The van der Waals surface area contributed by atoms with Crippen LogP contribution in [-0.4, -0.2) is 29.9 Å². The average molecular weight is 325 g/mol. The molecule has 0 aromatic heterocycles. The molecule has 0 spiro atoms. The second kappa shape index (κ2) is 7.77. The van der Waals surface area contributed by atoms with Crippen LogP contribution in [0.3, 0.4) is 0 Å². The van der Waals surface area contributed by atoms with E-state index in [0.29, 0.717) is 24.4 Å². The summed E-state index contributed by atoms with van der Waals surface area (Å²) < 4.78 is 5.60. The summed E-state index contributed by atoms with van der Waals surface area (Å²) in [6.07, 6.45) is -0.356. The van der Waals surface area contributed by atoms with Crippen LogP contribution in [0.5, 0.6) is 5.75 Å². The third-order valence-electron chi connectivity index (χ3n) is 3.96. The van der Waals surface area contributed by atoms with Crippen molar-refractivity contribution >= 4 is 11.9 Å². The van der Waals surface area contributed by atoms with Crippen molar-refractivity contribution in [2.45, 2.75) is 27.7 Å². The molecule has 0 atom stereocenters. The smallest absolute Gasteiger partial charge is 0.410 e. The van der Waals surface area contributed by atoms with Gasteiger partial charge in [-0.1, -0.05) is 35.9 Å². The van der Waals surface area contributed by atoms with Crippen molar-refractivity contribution in [1.82, 2.24) is 4.90 Å². The Morgan fingerprint density at radius 1 is 1.00 bits per heavy atom. The van der Waals surface area contributed by atoms with Gasteiger partial charge in [0.1, 0.15) is 5.75 Å². The highest BCUT2D eigenvalue weighted by Crippen LogP contribution is 2.31. The molecule has 0 aliphatic heterocycles. The van der Waals surface area contributed by atoms with Crippen LogP contribution in [0.4, 0.5) is 4.79 Å². The molecule has 0 unspecified atom stereocenters. The maximum absolute atomic E-state index is 12.2. The van der Waals surface area contributed by atoms with Gasteiger partial charge < -0.3 is 9.64 Å². The summed E-state index contributed by atoms with van der Waals surface area (Å²) in [4.78, 5) is 25.3. The normalized spacial score (nSPS) is 10.3. The molecular formula is C20H23NO3. The fraction of sp³-hybridized carbons (Fsp3) is 0.300. The molecule has 0 N–H and O–H groups in total. The minimum atomic E-state index is -0.356. The van der Waals surface area contributed by atoms with Gasteiger partial charge >= 0.3 is 6.09 Å². The SMILES string of the molecule is CCN(CC)C(=O)Oc1ccc(C)cc1-c1ccc(C(C)=O)cc1. The number of Topliss-reactive ketones (excluding diaryl/α,β-unsaturated/α-hetero) is 1. The van der Waals surface area contributed by atoms with E-state index in [-0.39, 0.29) is 11.9 Å². The molecule has 4 heteroatoms. The predicted octanol–water partition coefficient (Wildman–Crippen LogP) is 4.71. The fourth-order valence-electron chi connectivity index (χ4n) is 2.48. The summed E-state index contributed by atoms with van der Waals surface area (Å²) in [5.41, 5.74) is 3.48. The van der Waals surface area contributed by atoms with Crippen molar-refractivity contribution in [2.75, 3.05) is 13.1 Å². The van der Waals surface area contributed by atoms with Crippen molar-refractivity contribution in [3.8, 4) is 16.9 Å². The lowest BCUT2D eigenvalue weighted by Gasteiger charge is -2.19. The molecule has 0 aliphatic rings. The van der Waals surface area contributed by atoms with Gasteiger partial charge in [0.25, 0.3) is 0 Å². The highest BCUT2D eigenvalue weighted by Gasteiger charge is 2.15. The number of ether oxygens (including phenoxy) is 1. The quantitative estimate of drug-likeness (QED) is 0.748. The van der Waals surface area contributed by atoms with E-state index in [9.17, 15) is 9.59 Å². The van der Waals surface area contributed by atoms with Crippen molar-refractivity contribution < 1.29 is 14.3 Å². The first-order valence-corrected chi connectivity index (χ1v) is 8.15. The van der Waals surface area contributed by atoms with E-state index < -0.39 is 0 Å². The molecule has 0 bridgehead atoms. The van der Waals surface area contributed by atoms with E-state index >= 15 is 0 Å². The first-order valence-electron chi connectivity index (χ1n) is 8.15. The molecular weight excluding hydrogens is 302 g/mol. The topological polar surface area (TPSA) is 46.6 Å². The predicted molar refractivity (Wildman–Crippen MR) is 95.6 cm³/mol. The largest absolute Gasteiger partial charge is 0.415 e. The number of amides is 1. The molecule has 4 nitrogen and oxygen atoms in total. The summed E-state index contributed by atoms with van der Waals surface area (Å²) in [5, 5.41) is 0. The number of carbonyl (C=O) groups excluding carboxylic acids is 2. The molecule has 2 aromatic carbocycles. The van der Waals surface area contributed by atoms with Gasteiger partial charge in [0.2, 0.25) is 0 Å². The van der Waals surface area contributed by atoms with Gasteiger partial charge in [-0.25, -0.2) is 4.79 Å². The molecule has 2 aromatic rings. The Kier molecular flexibility index (Phi) is 5.74. The van der Waals surface area contributed by atoms with Crippen LogP contribution >= 0.6 is 0 Å². The standard InChI is InChI=1S/C20H23NO3/c1-5-21(6-2)20(23)24-19-12-7-14(3)13-18(19)17-10-8-16(9-11-17)15(4)22/h7-13H,5-6H2,1-4H3. The van der Waals surface area contributed by atoms with Gasteiger partial charge in [0.05, 0.1) is 0 Å². The van der Waals surface area contributed by atoms with Crippen molar-refractivity contribution in [2.24, 2.45) is 0 Å². The number of hydrogen-bond acceptors (Lipinski definition) is 3. The highest BCUT2D eigenvalue weighted by atomic mass is 16.6. The second-order valence-electron chi connectivity index (χ2n) is 5.67. The molecule has 0 saturated heterocycles. The van der Waals surface area contributed by atoms with E-state index in [0.717, 1.165) is 16.7 Å². The first kappa shape index (κ1) is 17.7. The Bertz CT molecular complexity index is 731. The molecule has 0 saturated carbocycles. The van der Waals surface area contributed by atoms with E-state index in [2.05, 4.69) is 0 Å². The Hall–Kier alpha value is -2.62. The minimum absolute atomic E-state index is 0.0268. The van der Waals surface area contributed by atoms with E-state index in [1.165, 1.54) is 0 Å². The molecule has 0 fully saturated rings. The van der Waals surface area contributed by atoms with Gasteiger partial charge in [-0.3, -0.25) is 4.79 Å². The molecule has 0 radical (unpaired) electrons. The van der Waals surface area contributed by atoms with E-state index in [4.69, 9.17) is 4.74 Å². The molecule has 0 heterocycles. The monoisotopic (exact) mass is 325 g/mol. The van der Waals surface area contributed by atoms with Crippen molar-refractivity contribution in [3.05, 3.63) is 53.6 Å². The number of rotatable bonds is 5. The average Bonchev–Trinajstić information content (AvgIpc) is 2.57. The summed E-state index contributed by atoms with van der Waals surface area (Å²) in [5.74, 6) is 0.548. The number of aryl methyl sites for hydroxylation is 1. The number of hydrogen-bond donors (Lipinski definition) is 0. The van der Waals surface area contributed by atoms with Gasteiger partial charge in [-0.05, 0) is 45.4 Å². The summed E-state index contributed by atoms with van der Waals surface area (Å²) in [6.45, 7) is 8.57. The van der Waals surface area contributed by atoms with Crippen LogP contribution in [0.2, 0.25) is 0 Å². The zero-order valence-corrected chi connectivity index (χ0v) is 14.6. The van der Waals surface area contributed by atoms with Crippen LogP contribution in [0, 0.1) is 6.92 Å². The molecule has 24 heavy (non-hydrogen) atoms. The zero-order valence-electron chi connectivity index (χ0n) is 14.6. The van der Waals surface area contributed by atoms with Gasteiger partial charge in [-0.2, -0.15) is 0 Å². The highest BCUT2D eigenvalue weighted by molar-refractivity contribution is 5.94. The second-order valence-corrected chi connectivity index (χ2v) is 5.67. The van der Waals surface area contributed by atoms with Gasteiger partial charge in [-0.15, -0.1) is 0 Å². The molecule has 126 valence electrons. The van der Waals surface area contributed by atoms with E-state index in [1.54, 1.807) is 24.0 Å². The third kappa shape index (κ3) is 4.02. The maximum Gasteiger partial charge on any atom is 0.415 e. The van der Waals surface area contributed by atoms with Crippen LogP contribution in [-0.2, 0) is 0 Å². The number of ketones is 1. The molecule has 0 aliphatic carbocycles.